The van der Waals surface area contributed by atoms with E-state index >= 15 is 0 Å². The Morgan fingerprint density at radius 3 is 2.87 bits per heavy atom. The third kappa shape index (κ3) is 3.54. The summed E-state index contributed by atoms with van der Waals surface area (Å²) in [5.74, 6) is 1.10. The maximum absolute atomic E-state index is 4.92. The third-order valence-electron chi connectivity index (χ3n) is 6.15. The topological polar surface area (TPSA) is 60.6 Å². The van der Waals surface area contributed by atoms with Crippen LogP contribution in [0.5, 0.6) is 0 Å². The van der Waals surface area contributed by atoms with Gasteiger partial charge in [0, 0.05) is 53.7 Å². The number of imidazole rings is 1. The van der Waals surface area contributed by atoms with E-state index in [4.69, 9.17) is 4.98 Å². The molecule has 0 bridgehead atoms. The number of nitrogens with one attached hydrogen (secondary N) is 2. The van der Waals surface area contributed by atoms with Crippen molar-refractivity contribution in [1.82, 2.24) is 24.8 Å². The van der Waals surface area contributed by atoms with E-state index in [1.807, 2.05) is 6.20 Å². The molecule has 0 saturated carbocycles. The molecule has 4 heterocycles. The molecule has 5 heteroatoms. The first-order chi connectivity index (χ1) is 14.7. The molecule has 1 atom stereocenters. The van der Waals surface area contributed by atoms with Gasteiger partial charge < -0.3 is 9.97 Å². The van der Waals surface area contributed by atoms with Gasteiger partial charge >= 0.3 is 0 Å². The molecule has 5 nitrogen and oxygen atoms in total. The van der Waals surface area contributed by atoms with E-state index in [0.717, 1.165) is 43.1 Å². The smallest absolute Gasteiger partial charge is 0.106 e. The highest BCUT2D eigenvalue weighted by atomic mass is 15.2. The van der Waals surface area contributed by atoms with Crippen LogP contribution in [0.25, 0.3) is 10.9 Å². The summed E-state index contributed by atoms with van der Waals surface area (Å²) in [6, 6.07) is 15.1. The summed E-state index contributed by atoms with van der Waals surface area (Å²) >= 11 is 0. The van der Waals surface area contributed by atoms with Gasteiger partial charge in [-0.3, -0.25) is 9.88 Å². The third-order valence-corrected chi connectivity index (χ3v) is 6.15. The van der Waals surface area contributed by atoms with Gasteiger partial charge in [-0.05, 0) is 43.5 Å². The zero-order valence-electron chi connectivity index (χ0n) is 17.8. The molecule has 1 aromatic carbocycles. The first-order valence-electron chi connectivity index (χ1n) is 11.0. The summed E-state index contributed by atoms with van der Waals surface area (Å²) in [7, 11) is 0. The number of benzene rings is 1. The monoisotopic (exact) mass is 399 g/mol. The number of nitrogens with zero attached hydrogens (tertiary/aromatic N) is 3. The number of hydrogen-bond acceptors (Lipinski definition) is 3. The van der Waals surface area contributed by atoms with Crippen LogP contribution < -0.4 is 0 Å². The van der Waals surface area contributed by atoms with Gasteiger partial charge in [0.2, 0.25) is 0 Å². The fourth-order valence-electron chi connectivity index (χ4n) is 4.69. The predicted molar refractivity (Wildman–Crippen MR) is 120 cm³/mol. The Balaban J connectivity index is 1.52. The highest BCUT2D eigenvalue weighted by molar-refractivity contribution is 5.85. The number of pyridine rings is 1. The van der Waals surface area contributed by atoms with Gasteiger partial charge in [0.1, 0.15) is 5.82 Å². The zero-order valence-corrected chi connectivity index (χ0v) is 17.8. The van der Waals surface area contributed by atoms with Gasteiger partial charge in [0.05, 0.1) is 11.7 Å². The van der Waals surface area contributed by atoms with Gasteiger partial charge in [0.15, 0.2) is 0 Å². The van der Waals surface area contributed by atoms with Crippen LogP contribution >= 0.6 is 0 Å². The van der Waals surface area contributed by atoms with E-state index in [9.17, 15) is 0 Å². The normalized spacial score (nSPS) is 16.8. The van der Waals surface area contributed by atoms with Crippen molar-refractivity contribution in [2.75, 3.05) is 6.54 Å². The van der Waals surface area contributed by atoms with E-state index in [2.05, 4.69) is 76.2 Å². The molecule has 0 amide bonds. The molecule has 1 aliphatic heterocycles. The van der Waals surface area contributed by atoms with Gasteiger partial charge in [-0.25, -0.2) is 4.98 Å². The van der Waals surface area contributed by atoms with Gasteiger partial charge in [-0.15, -0.1) is 0 Å². The lowest BCUT2D eigenvalue weighted by Gasteiger charge is -2.35. The molecule has 0 radical (unpaired) electrons. The highest BCUT2D eigenvalue weighted by Crippen LogP contribution is 2.38. The lowest BCUT2D eigenvalue weighted by atomic mass is 9.94. The van der Waals surface area contributed by atoms with Crippen LogP contribution in [0.3, 0.4) is 0 Å². The van der Waals surface area contributed by atoms with E-state index < -0.39 is 0 Å². The molecule has 0 spiro atoms. The van der Waals surface area contributed by atoms with E-state index in [0.29, 0.717) is 0 Å². The minimum absolute atomic E-state index is 0.114. The molecule has 0 unspecified atom stereocenters. The minimum Gasteiger partial charge on any atom is -0.357 e. The maximum Gasteiger partial charge on any atom is 0.106 e. The summed E-state index contributed by atoms with van der Waals surface area (Å²) in [5, 5.41) is 1.34. The van der Waals surface area contributed by atoms with Gasteiger partial charge in [-0.2, -0.15) is 0 Å². The molecule has 4 aromatic rings. The summed E-state index contributed by atoms with van der Waals surface area (Å²) in [4.78, 5) is 19.3. The quantitative estimate of drug-likeness (QED) is 0.475. The molecule has 0 saturated heterocycles. The number of unbranched alkanes of at least 4 members (excludes halogenated alkanes) is 1. The second kappa shape index (κ2) is 8.07. The Morgan fingerprint density at radius 1 is 1.10 bits per heavy atom. The second-order valence-electron chi connectivity index (χ2n) is 8.35. The number of para-hydroxylation sites is 1. The second-order valence-corrected chi connectivity index (χ2v) is 8.35. The summed E-state index contributed by atoms with van der Waals surface area (Å²) < 4.78 is 0. The van der Waals surface area contributed by atoms with Crippen molar-refractivity contribution < 1.29 is 0 Å². The Kier molecular flexibility index (Phi) is 5.13. The first kappa shape index (κ1) is 19.1. The largest absolute Gasteiger partial charge is 0.357 e. The van der Waals surface area contributed by atoms with Crippen LogP contribution in [0.1, 0.15) is 60.0 Å². The SMILES string of the molecule is CCCCc1ncc(CN2CCc3c([nH]c4ccccc34)[C@H]2c2cccc(C)n2)[nH]1. The maximum atomic E-state index is 4.92. The standard InChI is InChI=1S/C25H29N5/c1-3-4-12-23-26-15-18(28-23)16-30-14-13-20-19-9-5-6-10-21(19)29-24(20)25(30)22-11-7-8-17(2)27-22/h5-11,15,25,29H,3-4,12-14,16H2,1-2H3,(H,26,28)/t25-/m1/s1. The van der Waals surface area contributed by atoms with E-state index in [1.165, 1.54) is 40.7 Å². The Bertz CT molecular complexity index is 1160. The highest BCUT2D eigenvalue weighted by Gasteiger charge is 2.32. The van der Waals surface area contributed by atoms with Crippen molar-refractivity contribution in [3.05, 3.63) is 82.8 Å². The molecule has 1 aliphatic rings. The average Bonchev–Trinajstić information content (AvgIpc) is 3.36. The van der Waals surface area contributed by atoms with Crippen LogP contribution in [0, 0.1) is 6.92 Å². The number of fused-ring (bicyclic) bond motifs is 3. The van der Waals surface area contributed by atoms with E-state index in [1.54, 1.807) is 0 Å². The fourth-order valence-corrected chi connectivity index (χ4v) is 4.69. The van der Waals surface area contributed by atoms with Crippen LogP contribution in [0.2, 0.25) is 0 Å². The van der Waals surface area contributed by atoms with Crippen molar-refractivity contribution in [1.29, 1.82) is 0 Å². The van der Waals surface area contributed by atoms with Crippen LogP contribution in [0.4, 0.5) is 0 Å². The number of hydrogen-bond donors (Lipinski definition) is 2. The number of rotatable bonds is 6. The summed E-state index contributed by atoms with van der Waals surface area (Å²) in [6.45, 7) is 6.12. The molecule has 5 rings (SSSR count). The molecule has 0 aliphatic carbocycles. The molecule has 3 aromatic heterocycles. The van der Waals surface area contributed by atoms with Crippen LogP contribution in [-0.4, -0.2) is 31.4 Å². The molecular weight excluding hydrogens is 370 g/mol. The number of aromatic amines is 2. The zero-order chi connectivity index (χ0) is 20.5. The number of H-pyrrole nitrogens is 2. The van der Waals surface area contributed by atoms with Crippen molar-refractivity contribution >= 4 is 10.9 Å². The fraction of sp³-hybridized carbons (Fsp3) is 0.360. The number of aromatic nitrogens is 4. The molecule has 154 valence electrons. The van der Waals surface area contributed by atoms with Crippen molar-refractivity contribution in [2.45, 2.75) is 52.1 Å². The van der Waals surface area contributed by atoms with Crippen molar-refractivity contribution in [2.24, 2.45) is 0 Å². The minimum atomic E-state index is 0.114. The Labute approximate surface area is 177 Å². The Hall–Kier alpha value is -2.92. The molecule has 2 N–H and O–H groups in total. The molecular formula is C25H29N5. The van der Waals surface area contributed by atoms with Gasteiger partial charge in [-0.1, -0.05) is 37.6 Å². The van der Waals surface area contributed by atoms with Gasteiger partial charge in [0.25, 0.3) is 0 Å². The molecule has 30 heavy (non-hydrogen) atoms. The lowest BCUT2D eigenvalue weighted by Crippen LogP contribution is -2.36. The lowest BCUT2D eigenvalue weighted by molar-refractivity contribution is 0.196. The Morgan fingerprint density at radius 2 is 2.00 bits per heavy atom. The predicted octanol–water partition coefficient (Wildman–Crippen LogP) is 5.08. The van der Waals surface area contributed by atoms with E-state index in [-0.39, 0.29) is 6.04 Å². The van der Waals surface area contributed by atoms with Crippen molar-refractivity contribution in [3.63, 3.8) is 0 Å². The molecule has 0 fully saturated rings. The van der Waals surface area contributed by atoms with Crippen LogP contribution in [-0.2, 0) is 19.4 Å². The first-order valence-corrected chi connectivity index (χ1v) is 11.0. The summed E-state index contributed by atoms with van der Waals surface area (Å²) in [6.07, 6.45) is 6.42. The number of aryl methyl sites for hydroxylation is 2. The average molecular weight is 400 g/mol. The summed E-state index contributed by atoms with van der Waals surface area (Å²) in [5.41, 5.74) is 7.27. The van der Waals surface area contributed by atoms with Crippen molar-refractivity contribution in [3.8, 4) is 0 Å². The van der Waals surface area contributed by atoms with Crippen LogP contribution in [0.15, 0.2) is 48.7 Å².